The van der Waals surface area contributed by atoms with Crippen molar-refractivity contribution in [3.05, 3.63) is 108 Å². The molecule has 2 atom stereocenters. The molecule has 2 bridgehead atoms. The summed E-state index contributed by atoms with van der Waals surface area (Å²) < 4.78 is 0. The second-order valence-electron chi connectivity index (χ2n) is 10.0. The van der Waals surface area contributed by atoms with Crippen LogP contribution in [0.5, 0.6) is 0 Å². The second kappa shape index (κ2) is 9.15. The molecule has 0 radical (unpaired) electrons. The van der Waals surface area contributed by atoms with Crippen molar-refractivity contribution in [2.45, 2.75) is 37.8 Å². The van der Waals surface area contributed by atoms with E-state index in [1.54, 1.807) is 0 Å². The van der Waals surface area contributed by atoms with Crippen LogP contribution in [0.25, 0.3) is 0 Å². The SMILES string of the molecule is CN(C(=O)C(C)(c1ccccc1)c1ccccc1)C1C2CCC1CN(Cc1ccccc1)C2. The van der Waals surface area contributed by atoms with E-state index in [1.807, 2.05) is 36.4 Å². The molecule has 2 fully saturated rings. The Hall–Kier alpha value is -2.91. The van der Waals surface area contributed by atoms with Gasteiger partial charge in [0.25, 0.3) is 0 Å². The molecule has 1 saturated heterocycles. The van der Waals surface area contributed by atoms with Crippen molar-refractivity contribution in [3.8, 4) is 0 Å². The molecule has 33 heavy (non-hydrogen) atoms. The van der Waals surface area contributed by atoms with Crippen LogP contribution < -0.4 is 0 Å². The Kier molecular flexibility index (Phi) is 6.07. The smallest absolute Gasteiger partial charge is 0.237 e. The fourth-order valence-electron chi connectivity index (χ4n) is 6.34. The lowest BCUT2D eigenvalue weighted by molar-refractivity contribution is -0.139. The first-order valence-electron chi connectivity index (χ1n) is 12.2. The molecule has 3 heteroatoms. The highest BCUT2D eigenvalue weighted by atomic mass is 16.2. The Morgan fingerprint density at radius 2 is 1.27 bits per heavy atom. The summed E-state index contributed by atoms with van der Waals surface area (Å²) in [5.41, 5.74) is 2.79. The van der Waals surface area contributed by atoms with Gasteiger partial charge in [0.2, 0.25) is 5.91 Å². The zero-order valence-corrected chi connectivity index (χ0v) is 19.7. The first-order valence-corrected chi connectivity index (χ1v) is 12.2. The van der Waals surface area contributed by atoms with E-state index in [0.29, 0.717) is 17.9 Å². The molecule has 0 spiro atoms. The van der Waals surface area contributed by atoms with Gasteiger partial charge in [-0.15, -0.1) is 0 Å². The van der Waals surface area contributed by atoms with E-state index in [0.717, 1.165) is 30.8 Å². The first kappa shape index (κ1) is 21.9. The summed E-state index contributed by atoms with van der Waals surface area (Å²) in [4.78, 5) is 19.0. The van der Waals surface area contributed by atoms with Gasteiger partial charge in [0, 0.05) is 32.7 Å². The van der Waals surface area contributed by atoms with Crippen LogP contribution in [-0.4, -0.2) is 41.9 Å². The summed E-state index contributed by atoms with van der Waals surface area (Å²) in [5, 5.41) is 0. The van der Waals surface area contributed by atoms with Crippen LogP contribution in [0.3, 0.4) is 0 Å². The predicted molar refractivity (Wildman–Crippen MR) is 134 cm³/mol. The molecule has 1 aliphatic carbocycles. The van der Waals surface area contributed by atoms with Gasteiger partial charge in [0.05, 0.1) is 5.41 Å². The van der Waals surface area contributed by atoms with E-state index in [4.69, 9.17) is 0 Å². The van der Waals surface area contributed by atoms with Crippen molar-refractivity contribution >= 4 is 5.91 Å². The number of piperidine rings is 1. The number of carbonyl (C=O) groups excluding carboxylic acids is 1. The molecule has 2 aliphatic rings. The van der Waals surface area contributed by atoms with Crippen molar-refractivity contribution in [2.75, 3.05) is 20.1 Å². The standard InChI is InChI=1S/C30H34N2O/c1-30(26-14-8-4-9-15-26,27-16-10-5-11-17-27)29(33)31(2)28-24-18-19-25(28)22-32(21-24)20-23-12-6-3-7-13-23/h3-17,24-25,28H,18-22H2,1-2H3. The number of hydrogen-bond acceptors (Lipinski definition) is 2. The van der Waals surface area contributed by atoms with Crippen molar-refractivity contribution in [3.63, 3.8) is 0 Å². The molecule has 1 amide bonds. The lowest BCUT2D eigenvalue weighted by Crippen LogP contribution is -2.56. The second-order valence-corrected chi connectivity index (χ2v) is 10.0. The van der Waals surface area contributed by atoms with Crippen LogP contribution >= 0.6 is 0 Å². The van der Waals surface area contributed by atoms with Crippen LogP contribution in [0.15, 0.2) is 91.0 Å². The van der Waals surface area contributed by atoms with E-state index < -0.39 is 5.41 Å². The van der Waals surface area contributed by atoms with Gasteiger partial charge in [0.15, 0.2) is 0 Å². The quantitative estimate of drug-likeness (QED) is 0.517. The molecule has 1 aliphatic heterocycles. The van der Waals surface area contributed by atoms with Crippen molar-refractivity contribution in [2.24, 2.45) is 11.8 Å². The maximum atomic E-state index is 14.3. The summed E-state index contributed by atoms with van der Waals surface area (Å²) in [5.74, 6) is 1.28. The Labute approximate surface area is 198 Å². The average molecular weight is 439 g/mol. The third-order valence-corrected chi connectivity index (χ3v) is 8.01. The van der Waals surface area contributed by atoms with Gasteiger partial charge in [-0.05, 0) is 48.3 Å². The number of amides is 1. The Morgan fingerprint density at radius 1 is 0.818 bits per heavy atom. The highest BCUT2D eigenvalue weighted by Crippen LogP contribution is 2.42. The lowest BCUT2D eigenvalue weighted by Gasteiger charge is -2.45. The molecule has 0 N–H and O–H groups in total. The number of rotatable bonds is 6. The maximum absolute atomic E-state index is 14.3. The largest absolute Gasteiger partial charge is 0.341 e. The van der Waals surface area contributed by atoms with Crippen LogP contribution in [0, 0.1) is 11.8 Å². The minimum atomic E-state index is -0.697. The molecule has 0 aromatic heterocycles. The van der Waals surface area contributed by atoms with Crippen LogP contribution in [0.2, 0.25) is 0 Å². The van der Waals surface area contributed by atoms with E-state index >= 15 is 0 Å². The molecular weight excluding hydrogens is 404 g/mol. The van der Waals surface area contributed by atoms with Gasteiger partial charge in [0.1, 0.15) is 0 Å². The minimum Gasteiger partial charge on any atom is -0.341 e. The molecular formula is C30H34N2O. The van der Waals surface area contributed by atoms with Gasteiger partial charge in [-0.1, -0.05) is 91.0 Å². The van der Waals surface area contributed by atoms with Crippen LogP contribution in [-0.2, 0) is 16.8 Å². The number of benzene rings is 3. The molecule has 5 rings (SSSR count). The molecule has 3 aromatic rings. The van der Waals surface area contributed by atoms with E-state index in [9.17, 15) is 4.79 Å². The van der Waals surface area contributed by atoms with Gasteiger partial charge in [-0.25, -0.2) is 0 Å². The fourth-order valence-corrected chi connectivity index (χ4v) is 6.34. The topological polar surface area (TPSA) is 23.6 Å². The number of hydrogen-bond donors (Lipinski definition) is 0. The predicted octanol–water partition coefficient (Wildman–Crippen LogP) is 5.36. The van der Waals surface area contributed by atoms with Gasteiger partial charge in [-0.3, -0.25) is 9.69 Å². The van der Waals surface area contributed by atoms with Crippen molar-refractivity contribution in [1.82, 2.24) is 9.80 Å². The number of fused-ring (bicyclic) bond motifs is 2. The molecule has 2 unspecified atom stereocenters. The first-order chi connectivity index (χ1) is 16.1. The summed E-state index contributed by atoms with van der Waals surface area (Å²) in [6.07, 6.45) is 2.43. The molecule has 1 heterocycles. The maximum Gasteiger partial charge on any atom is 0.237 e. The highest BCUT2D eigenvalue weighted by molar-refractivity contribution is 5.91. The van der Waals surface area contributed by atoms with Crippen molar-refractivity contribution in [1.29, 1.82) is 0 Å². The number of likely N-dealkylation sites (N-methyl/N-ethyl adjacent to an activating group) is 1. The average Bonchev–Trinajstić information content (AvgIpc) is 3.14. The molecule has 1 saturated carbocycles. The minimum absolute atomic E-state index is 0.207. The molecule has 170 valence electrons. The van der Waals surface area contributed by atoms with Gasteiger partial charge >= 0.3 is 0 Å². The Morgan fingerprint density at radius 3 is 1.76 bits per heavy atom. The number of carbonyl (C=O) groups is 1. The van der Waals surface area contributed by atoms with Crippen LogP contribution in [0.4, 0.5) is 0 Å². The van der Waals surface area contributed by atoms with Gasteiger partial charge in [-0.2, -0.15) is 0 Å². The monoisotopic (exact) mass is 438 g/mol. The number of nitrogens with zero attached hydrogens (tertiary/aromatic N) is 2. The summed E-state index contributed by atoms with van der Waals surface area (Å²) in [6, 6.07) is 31.6. The zero-order chi connectivity index (χ0) is 22.8. The van der Waals surface area contributed by atoms with Crippen molar-refractivity contribution < 1.29 is 4.79 Å². The third-order valence-electron chi connectivity index (χ3n) is 8.01. The van der Waals surface area contributed by atoms with Gasteiger partial charge < -0.3 is 4.90 Å². The fraction of sp³-hybridized carbons (Fsp3) is 0.367. The molecule has 3 nitrogen and oxygen atoms in total. The lowest BCUT2D eigenvalue weighted by atomic mass is 9.74. The Balaban J connectivity index is 1.39. The van der Waals surface area contributed by atoms with E-state index in [2.05, 4.69) is 78.4 Å². The van der Waals surface area contributed by atoms with E-state index in [1.165, 1.54) is 18.4 Å². The summed E-state index contributed by atoms with van der Waals surface area (Å²) >= 11 is 0. The highest BCUT2D eigenvalue weighted by Gasteiger charge is 2.48. The number of likely N-dealkylation sites (tertiary alicyclic amines) is 1. The summed E-state index contributed by atoms with van der Waals surface area (Å²) in [7, 11) is 2.05. The normalized spacial score (nSPS) is 22.8. The zero-order valence-electron chi connectivity index (χ0n) is 19.7. The van der Waals surface area contributed by atoms with Crippen LogP contribution in [0.1, 0.15) is 36.5 Å². The van der Waals surface area contributed by atoms with E-state index in [-0.39, 0.29) is 5.91 Å². The Bertz CT molecular complexity index is 1010. The molecule has 3 aromatic carbocycles. The third kappa shape index (κ3) is 4.11. The summed E-state index contributed by atoms with van der Waals surface area (Å²) in [6.45, 7) is 5.25.